The fourth-order valence-electron chi connectivity index (χ4n) is 3.03. The summed E-state index contributed by atoms with van der Waals surface area (Å²) in [5.74, 6) is -1.80. The summed E-state index contributed by atoms with van der Waals surface area (Å²) in [6.07, 6.45) is 1.52. The van der Waals surface area contributed by atoms with E-state index < -0.39 is 17.8 Å². The number of hydrogen-bond acceptors (Lipinski definition) is 4. The lowest BCUT2D eigenvalue weighted by molar-refractivity contribution is -0.145. The molecule has 1 aliphatic heterocycles. The van der Waals surface area contributed by atoms with Gasteiger partial charge >= 0.3 is 5.97 Å². The van der Waals surface area contributed by atoms with Gasteiger partial charge in [0.2, 0.25) is 11.8 Å². The number of carbonyl (C=O) groups is 3. The predicted molar refractivity (Wildman–Crippen MR) is 92.5 cm³/mol. The largest absolute Gasteiger partial charge is 0.481 e. The summed E-state index contributed by atoms with van der Waals surface area (Å²) in [5.41, 5.74) is 6.19. The molecule has 1 heterocycles. The maximum atomic E-state index is 12.7. The van der Waals surface area contributed by atoms with Gasteiger partial charge in [0, 0.05) is 26.1 Å². The number of carboxylic acid groups (broad SMARTS) is 1. The van der Waals surface area contributed by atoms with Gasteiger partial charge in [-0.3, -0.25) is 19.3 Å². The van der Waals surface area contributed by atoms with E-state index in [1.807, 2.05) is 35.2 Å². The van der Waals surface area contributed by atoms with Gasteiger partial charge in [-0.1, -0.05) is 30.3 Å². The van der Waals surface area contributed by atoms with Crippen LogP contribution in [0.3, 0.4) is 0 Å². The first-order valence-corrected chi connectivity index (χ1v) is 8.51. The third-order valence-corrected chi connectivity index (χ3v) is 4.41. The molecule has 1 aliphatic rings. The second-order valence-corrected chi connectivity index (χ2v) is 6.43. The average molecular weight is 347 g/mol. The van der Waals surface area contributed by atoms with Crippen LogP contribution in [0, 0.1) is 5.92 Å². The summed E-state index contributed by atoms with van der Waals surface area (Å²) in [6.45, 7) is 1.93. The van der Waals surface area contributed by atoms with Gasteiger partial charge in [0.05, 0.1) is 12.5 Å². The van der Waals surface area contributed by atoms with Crippen molar-refractivity contribution in [1.82, 2.24) is 9.80 Å². The average Bonchev–Trinajstić information content (AvgIpc) is 2.59. The fraction of sp³-hybridized carbons (Fsp3) is 0.500. The molecule has 1 atom stereocenters. The molecule has 3 N–H and O–H groups in total. The van der Waals surface area contributed by atoms with Crippen molar-refractivity contribution in [3.63, 3.8) is 0 Å². The molecule has 0 aliphatic carbocycles. The van der Waals surface area contributed by atoms with Crippen LogP contribution in [0.1, 0.15) is 24.8 Å². The lowest BCUT2D eigenvalue weighted by Crippen LogP contribution is -2.46. The Morgan fingerprint density at radius 1 is 1.24 bits per heavy atom. The summed E-state index contributed by atoms with van der Waals surface area (Å²) in [5, 5.41) is 9.17. The molecular weight excluding hydrogens is 322 g/mol. The lowest BCUT2D eigenvalue weighted by Gasteiger charge is -2.32. The van der Waals surface area contributed by atoms with Crippen LogP contribution in [0.2, 0.25) is 0 Å². The lowest BCUT2D eigenvalue weighted by atomic mass is 9.98. The molecule has 0 aromatic heterocycles. The van der Waals surface area contributed by atoms with E-state index in [4.69, 9.17) is 10.8 Å². The number of amides is 2. The number of nitrogens with zero attached hydrogens (tertiary/aromatic N) is 2. The zero-order valence-electron chi connectivity index (χ0n) is 14.3. The van der Waals surface area contributed by atoms with Crippen LogP contribution in [0.5, 0.6) is 0 Å². The third-order valence-electron chi connectivity index (χ3n) is 4.41. The quantitative estimate of drug-likeness (QED) is 0.720. The first-order chi connectivity index (χ1) is 12.0. The monoisotopic (exact) mass is 347 g/mol. The van der Waals surface area contributed by atoms with Crippen molar-refractivity contribution in [3.05, 3.63) is 35.9 Å². The van der Waals surface area contributed by atoms with Gasteiger partial charge in [-0.15, -0.1) is 0 Å². The van der Waals surface area contributed by atoms with Crippen molar-refractivity contribution in [2.75, 3.05) is 26.2 Å². The van der Waals surface area contributed by atoms with E-state index in [2.05, 4.69) is 0 Å². The van der Waals surface area contributed by atoms with E-state index in [0.29, 0.717) is 26.1 Å². The van der Waals surface area contributed by atoms with Gasteiger partial charge < -0.3 is 15.7 Å². The van der Waals surface area contributed by atoms with E-state index in [1.54, 1.807) is 4.90 Å². The zero-order valence-corrected chi connectivity index (χ0v) is 14.3. The highest BCUT2D eigenvalue weighted by Crippen LogP contribution is 2.17. The van der Waals surface area contributed by atoms with Gasteiger partial charge in [0.1, 0.15) is 0 Å². The summed E-state index contributed by atoms with van der Waals surface area (Å²) >= 11 is 0. The number of carboxylic acids is 1. The van der Waals surface area contributed by atoms with Gasteiger partial charge in [-0.05, 0) is 24.9 Å². The number of primary amides is 1. The van der Waals surface area contributed by atoms with Crippen molar-refractivity contribution in [2.24, 2.45) is 11.7 Å². The van der Waals surface area contributed by atoms with Crippen LogP contribution in [0.4, 0.5) is 0 Å². The number of likely N-dealkylation sites (tertiary alicyclic amines) is 1. The second-order valence-electron chi connectivity index (χ2n) is 6.43. The van der Waals surface area contributed by atoms with Crippen LogP contribution >= 0.6 is 0 Å². The number of rotatable bonds is 8. The molecule has 1 saturated heterocycles. The van der Waals surface area contributed by atoms with Crippen LogP contribution in [0.25, 0.3) is 0 Å². The Morgan fingerprint density at radius 3 is 2.60 bits per heavy atom. The topological polar surface area (TPSA) is 104 Å². The van der Waals surface area contributed by atoms with Crippen molar-refractivity contribution < 1.29 is 19.5 Å². The van der Waals surface area contributed by atoms with Crippen molar-refractivity contribution in [1.29, 1.82) is 0 Å². The SMILES string of the molecule is NC(=O)CCN(Cc1ccccc1)C(=O)CN1CCCC(C(=O)O)C1. The van der Waals surface area contributed by atoms with Gasteiger partial charge in [0.25, 0.3) is 0 Å². The standard InChI is InChI=1S/C18H25N3O4/c19-16(22)8-10-21(11-14-5-2-1-3-6-14)17(23)13-20-9-4-7-15(12-20)18(24)25/h1-3,5-6,15H,4,7-13H2,(H2,19,22)(H,24,25). The van der Waals surface area contributed by atoms with E-state index in [1.165, 1.54) is 0 Å². The summed E-state index contributed by atoms with van der Waals surface area (Å²) in [6, 6.07) is 9.54. The second kappa shape index (κ2) is 9.17. The molecule has 1 unspecified atom stereocenters. The molecule has 1 aromatic rings. The van der Waals surface area contributed by atoms with Gasteiger partial charge in [-0.25, -0.2) is 0 Å². The Labute approximate surface area is 147 Å². The van der Waals surface area contributed by atoms with E-state index in [0.717, 1.165) is 12.0 Å². The van der Waals surface area contributed by atoms with Crippen LogP contribution in [-0.2, 0) is 20.9 Å². The van der Waals surface area contributed by atoms with Crippen LogP contribution < -0.4 is 5.73 Å². The molecule has 7 nitrogen and oxygen atoms in total. The van der Waals surface area contributed by atoms with Gasteiger partial charge in [-0.2, -0.15) is 0 Å². The Kier molecular flexibility index (Phi) is 6.94. The number of hydrogen-bond donors (Lipinski definition) is 2. The van der Waals surface area contributed by atoms with Crippen LogP contribution in [-0.4, -0.2) is 58.9 Å². The molecule has 0 bridgehead atoms. The molecule has 1 fully saturated rings. The first-order valence-electron chi connectivity index (χ1n) is 8.51. The van der Waals surface area contributed by atoms with E-state index in [-0.39, 0.29) is 25.4 Å². The molecular formula is C18H25N3O4. The normalized spacial score (nSPS) is 17.8. The Morgan fingerprint density at radius 2 is 1.96 bits per heavy atom. The molecule has 0 saturated carbocycles. The highest BCUT2D eigenvalue weighted by atomic mass is 16.4. The summed E-state index contributed by atoms with van der Waals surface area (Å²) in [7, 11) is 0. The molecule has 1 aromatic carbocycles. The summed E-state index contributed by atoms with van der Waals surface area (Å²) in [4.78, 5) is 38.4. The first kappa shape index (κ1) is 18.9. The van der Waals surface area contributed by atoms with E-state index in [9.17, 15) is 14.4 Å². The van der Waals surface area contributed by atoms with Crippen molar-refractivity contribution >= 4 is 17.8 Å². The van der Waals surface area contributed by atoms with Crippen LogP contribution in [0.15, 0.2) is 30.3 Å². The molecule has 0 radical (unpaired) electrons. The predicted octanol–water partition coefficient (Wildman–Crippen LogP) is 0.687. The highest BCUT2D eigenvalue weighted by Gasteiger charge is 2.27. The van der Waals surface area contributed by atoms with Crippen molar-refractivity contribution in [3.8, 4) is 0 Å². The molecule has 25 heavy (non-hydrogen) atoms. The van der Waals surface area contributed by atoms with Gasteiger partial charge in [0.15, 0.2) is 0 Å². The third kappa shape index (κ3) is 6.19. The number of piperidine rings is 1. The minimum absolute atomic E-state index is 0.107. The Bertz CT molecular complexity index is 606. The zero-order chi connectivity index (χ0) is 18.2. The summed E-state index contributed by atoms with van der Waals surface area (Å²) < 4.78 is 0. The minimum atomic E-state index is -0.813. The Hall–Kier alpha value is -2.41. The van der Waals surface area contributed by atoms with Crippen molar-refractivity contribution in [2.45, 2.75) is 25.8 Å². The smallest absolute Gasteiger partial charge is 0.307 e. The maximum absolute atomic E-state index is 12.7. The van der Waals surface area contributed by atoms with E-state index >= 15 is 0 Å². The number of nitrogens with two attached hydrogens (primary N) is 1. The Balaban J connectivity index is 1.98. The molecule has 0 spiro atoms. The molecule has 2 rings (SSSR count). The molecule has 136 valence electrons. The number of benzene rings is 1. The maximum Gasteiger partial charge on any atom is 0.307 e. The number of aliphatic carboxylic acids is 1. The minimum Gasteiger partial charge on any atom is -0.481 e. The molecule has 2 amide bonds. The number of carbonyl (C=O) groups excluding carboxylic acids is 2. The fourth-order valence-corrected chi connectivity index (χ4v) is 3.03. The highest BCUT2D eigenvalue weighted by molar-refractivity contribution is 5.80. The molecule has 7 heteroatoms.